The first-order chi connectivity index (χ1) is 16.4. The lowest BCUT2D eigenvalue weighted by Crippen LogP contribution is -2.68. The van der Waals surface area contributed by atoms with Crippen molar-refractivity contribution < 1.29 is 19.0 Å². The van der Waals surface area contributed by atoms with Gasteiger partial charge < -0.3 is 19.0 Å². The third-order valence-corrected chi connectivity index (χ3v) is 10.7. The highest BCUT2D eigenvalue weighted by molar-refractivity contribution is 7.00. The molecule has 0 saturated heterocycles. The van der Waals surface area contributed by atoms with Crippen molar-refractivity contribution in [2.45, 2.75) is 38.7 Å². The van der Waals surface area contributed by atoms with E-state index in [4.69, 9.17) is 19.0 Å². The SMILES string of the molecule is COc1cc(C#CCCCO)cc(O[Si](c2ccccc2)(c2ccccc2)C(C)(C)C)c1OC. The van der Waals surface area contributed by atoms with Crippen molar-refractivity contribution in [1.82, 2.24) is 0 Å². The number of aliphatic hydroxyl groups is 1. The molecule has 178 valence electrons. The van der Waals surface area contributed by atoms with Crippen molar-refractivity contribution >= 4 is 18.7 Å². The molecule has 0 unspecified atom stereocenters. The average Bonchev–Trinajstić information content (AvgIpc) is 2.85. The highest BCUT2D eigenvalue weighted by Crippen LogP contribution is 2.44. The summed E-state index contributed by atoms with van der Waals surface area (Å²) >= 11 is 0. The number of aliphatic hydroxyl groups excluding tert-OH is 1. The van der Waals surface area contributed by atoms with Gasteiger partial charge in [-0.1, -0.05) is 93.3 Å². The lowest BCUT2D eigenvalue weighted by atomic mass is 10.1. The molecule has 0 spiro atoms. The zero-order valence-corrected chi connectivity index (χ0v) is 21.7. The monoisotopic (exact) mass is 474 g/mol. The molecule has 3 rings (SSSR count). The van der Waals surface area contributed by atoms with Gasteiger partial charge in [-0.15, -0.1) is 0 Å². The van der Waals surface area contributed by atoms with Crippen molar-refractivity contribution in [2.75, 3.05) is 20.8 Å². The van der Waals surface area contributed by atoms with Crippen LogP contribution in [-0.4, -0.2) is 34.3 Å². The Labute approximate surface area is 204 Å². The molecule has 1 N–H and O–H groups in total. The van der Waals surface area contributed by atoms with Crippen molar-refractivity contribution in [2.24, 2.45) is 0 Å². The fourth-order valence-electron chi connectivity index (χ4n) is 4.22. The molecule has 5 heteroatoms. The first-order valence-corrected chi connectivity index (χ1v) is 13.4. The van der Waals surface area contributed by atoms with Crippen molar-refractivity contribution in [3.05, 3.63) is 78.4 Å². The van der Waals surface area contributed by atoms with Gasteiger partial charge in [0, 0.05) is 18.6 Å². The van der Waals surface area contributed by atoms with Crippen molar-refractivity contribution in [3.63, 3.8) is 0 Å². The van der Waals surface area contributed by atoms with Crippen molar-refractivity contribution in [3.8, 4) is 29.1 Å². The minimum Gasteiger partial charge on any atom is -0.531 e. The molecule has 4 nitrogen and oxygen atoms in total. The van der Waals surface area contributed by atoms with Crippen LogP contribution in [0.4, 0.5) is 0 Å². The molecule has 0 aromatic heterocycles. The Morgan fingerprint density at radius 2 is 1.38 bits per heavy atom. The van der Waals surface area contributed by atoms with Gasteiger partial charge in [0.25, 0.3) is 0 Å². The summed E-state index contributed by atoms with van der Waals surface area (Å²) < 4.78 is 18.6. The minimum absolute atomic E-state index is 0.128. The molecule has 0 amide bonds. The van der Waals surface area contributed by atoms with Crippen LogP contribution in [0.15, 0.2) is 72.8 Å². The quantitative estimate of drug-likeness (QED) is 0.290. The molecule has 3 aromatic rings. The van der Waals surface area contributed by atoms with Crippen LogP contribution in [0.3, 0.4) is 0 Å². The summed E-state index contributed by atoms with van der Waals surface area (Å²) in [6, 6.07) is 24.8. The Balaban J connectivity index is 2.26. The van der Waals surface area contributed by atoms with E-state index >= 15 is 0 Å². The highest BCUT2D eigenvalue weighted by atomic mass is 28.4. The van der Waals surface area contributed by atoms with Crippen LogP contribution >= 0.6 is 0 Å². The number of rotatable bonds is 8. The maximum Gasteiger partial charge on any atom is 0.320 e. The fourth-order valence-corrected chi connectivity index (χ4v) is 8.64. The van der Waals surface area contributed by atoms with Crippen LogP contribution in [0, 0.1) is 11.8 Å². The second-order valence-corrected chi connectivity index (χ2v) is 13.3. The van der Waals surface area contributed by atoms with E-state index in [0.29, 0.717) is 30.1 Å². The van der Waals surface area contributed by atoms with Gasteiger partial charge in [0.1, 0.15) is 0 Å². The molecule has 0 atom stereocenters. The van der Waals surface area contributed by atoms with E-state index in [9.17, 15) is 0 Å². The normalized spacial score (nSPS) is 11.4. The summed E-state index contributed by atoms with van der Waals surface area (Å²) in [6.07, 6.45) is 1.27. The Kier molecular flexibility index (Phi) is 8.44. The lowest BCUT2D eigenvalue weighted by Gasteiger charge is -2.43. The van der Waals surface area contributed by atoms with Gasteiger partial charge in [-0.05, 0) is 34.0 Å². The molecule has 3 aromatic carbocycles. The van der Waals surface area contributed by atoms with E-state index in [1.165, 1.54) is 10.4 Å². The molecule has 0 saturated carbocycles. The number of hydrogen-bond acceptors (Lipinski definition) is 4. The lowest BCUT2D eigenvalue weighted by molar-refractivity contribution is 0.290. The number of ether oxygens (including phenoxy) is 2. The third-order valence-electron chi connectivity index (χ3n) is 5.82. The standard InChI is InChI=1S/C29H34O4Si/c1-29(2,3)34(24-16-10-6-11-17-24,25-18-12-7-13-19-25)33-27-22-23(15-9-8-14-20-30)21-26(31-4)28(27)32-5/h6-7,10-13,16-19,21-22,30H,8,14,20H2,1-5H3. The molecule has 0 aliphatic carbocycles. The smallest absolute Gasteiger partial charge is 0.320 e. The zero-order valence-electron chi connectivity index (χ0n) is 20.7. The number of benzene rings is 3. The largest absolute Gasteiger partial charge is 0.531 e. The molecule has 0 aliphatic heterocycles. The van der Waals surface area contributed by atoms with Crippen molar-refractivity contribution in [1.29, 1.82) is 0 Å². The van der Waals surface area contributed by atoms with Gasteiger partial charge in [0.2, 0.25) is 5.75 Å². The van der Waals surface area contributed by atoms with Gasteiger partial charge in [-0.2, -0.15) is 0 Å². The minimum atomic E-state index is -2.86. The molecular weight excluding hydrogens is 440 g/mol. The summed E-state index contributed by atoms with van der Waals surface area (Å²) in [5.41, 5.74) is 0.781. The van der Waals surface area contributed by atoms with Crippen LogP contribution in [0.1, 0.15) is 39.2 Å². The first-order valence-electron chi connectivity index (χ1n) is 11.5. The average molecular weight is 475 g/mol. The fraction of sp³-hybridized carbons (Fsp3) is 0.310. The number of hydrogen-bond donors (Lipinski definition) is 1. The maximum atomic E-state index is 9.06. The Morgan fingerprint density at radius 1 is 0.824 bits per heavy atom. The summed E-state index contributed by atoms with van der Waals surface area (Å²) in [4.78, 5) is 0. The number of methoxy groups -OCH3 is 2. The molecule has 0 radical (unpaired) electrons. The molecule has 0 aliphatic rings. The Bertz CT molecular complexity index is 1090. The van der Waals surface area contributed by atoms with E-state index in [0.717, 1.165) is 5.56 Å². The van der Waals surface area contributed by atoms with Gasteiger partial charge in [-0.3, -0.25) is 0 Å². The van der Waals surface area contributed by atoms with Gasteiger partial charge in [-0.25, -0.2) is 0 Å². The zero-order chi connectivity index (χ0) is 24.6. The molecule has 34 heavy (non-hydrogen) atoms. The third kappa shape index (κ3) is 5.30. The summed E-state index contributed by atoms with van der Waals surface area (Å²) in [5.74, 6) is 8.05. The van der Waals surface area contributed by atoms with E-state index in [2.05, 4.69) is 81.1 Å². The van der Waals surface area contributed by atoms with E-state index in [1.807, 2.05) is 24.3 Å². The van der Waals surface area contributed by atoms with Crippen LogP contribution < -0.4 is 24.3 Å². The predicted molar refractivity (Wildman–Crippen MR) is 141 cm³/mol. The van der Waals surface area contributed by atoms with E-state index in [-0.39, 0.29) is 11.6 Å². The topological polar surface area (TPSA) is 47.9 Å². The maximum absolute atomic E-state index is 9.06. The molecular formula is C29H34O4Si. The molecule has 0 fully saturated rings. The molecule has 0 heterocycles. The molecule has 0 bridgehead atoms. The second kappa shape index (κ2) is 11.3. The van der Waals surface area contributed by atoms with Gasteiger partial charge >= 0.3 is 8.32 Å². The van der Waals surface area contributed by atoms with Crippen LogP contribution in [0.5, 0.6) is 17.2 Å². The van der Waals surface area contributed by atoms with E-state index in [1.54, 1.807) is 14.2 Å². The highest BCUT2D eigenvalue weighted by Gasteiger charge is 2.52. The van der Waals surface area contributed by atoms with Crippen LogP contribution in [-0.2, 0) is 0 Å². The summed E-state index contributed by atoms with van der Waals surface area (Å²) in [5, 5.41) is 11.2. The van der Waals surface area contributed by atoms with Gasteiger partial charge in [0.15, 0.2) is 11.5 Å². The Morgan fingerprint density at radius 3 is 1.85 bits per heavy atom. The van der Waals surface area contributed by atoms with Crippen LogP contribution in [0.2, 0.25) is 5.04 Å². The predicted octanol–water partition coefficient (Wildman–Crippen LogP) is 4.77. The van der Waals surface area contributed by atoms with E-state index < -0.39 is 8.32 Å². The summed E-state index contributed by atoms with van der Waals surface area (Å²) in [7, 11) is 0.389. The van der Waals surface area contributed by atoms with Crippen LogP contribution in [0.25, 0.3) is 0 Å². The number of unbranched alkanes of at least 4 members (excludes halogenated alkanes) is 1. The first kappa shape index (κ1) is 25.4. The van der Waals surface area contributed by atoms with Gasteiger partial charge in [0.05, 0.1) is 14.2 Å². The Hall–Kier alpha value is -3.20. The second-order valence-electron chi connectivity index (χ2n) is 9.10. The summed E-state index contributed by atoms with van der Waals surface area (Å²) in [6.45, 7) is 6.84.